The Bertz CT molecular complexity index is 1010. The maximum atomic E-state index is 12.2. The van der Waals surface area contributed by atoms with Gasteiger partial charge in [0.1, 0.15) is 5.75 Å². The number of carbonyl (C=O) groups excluding carboxylic acids is 1. The van der Waals surface area contributed by atoms with Crippen molar-refractivity contribution in [3.63, 3.8) is 0 Å². The minimum Gasteiger partial charge on any atom is -0.494 e. The zero-order valence-corrected chi connectivity index (χ0v) is 18.7. The van der Waals surface area contributed by atoms with Gasteiger partial charge in [0.15, 0.2) is 5.13 Å². The van der Waals surface area contributed by atoms with Crippen molar-refractivity contribution in [2.24, 2.45) is 0 Å². The van der Waals surface area contributed by atoms with Gasteiger partial charge in [-0.3, -0.25) is 4.79 Å². The highest BCUT2D eigenvalue weighted by molar-refractivity contribution is 7.14. The summed E-state index contributed by atoms with van der Waals surface area (Å²) in [5, 5.41) is 6.23. The van der Waals surface area contributed by atoms with Gasteiger partial charge in [0, 0.05) is 22.4 Å². The Kier molecular flexibility index (Phi) is 6.93. The third-order valence-corrected chi connectivity index (χ3v) is 6.13. The van der Waals surface area contributed by atoms with E-state index < -0.39 is 0 Å². The van der Waals surface area contributed by atoms with Gasteiger partial charge >= 0.3 is 0 Å². The molecule has 2 aromatic carbocycles. The van der Waals surface area contributed by atoms with E-state index in [1.165, 1.54) is 22.5 Å². The number of anilines is 1. The predicted molar refractivity (Wildman–Crippen MR) is 121 cm³/mol. The first-order chi connectivity index (χ1) is 13.8. The van der Waals surface area contributed by atoms with Crippen LogP contribution in [0.1, 0.15) is 35.1 Å². The average Bonchev–Trinajstić information content (AvgIpc) is 3.13. The molecule has 1 N–H and O–H groups in total. The van der Waals surface area contributed by atoms with Crippen LogP contribution in [0.15, 0.2) is 35.7 Å². The molecule has 1 amide bonds. The van der Waals surface area contributed by atoms with Gasteiger partial charge in [-0.05, 0) is 74.6 Å². The van der Waals surface area contributed by atoms with Gasteiger partial charge in [0.05, 0.1) is 12.3 Å². The van der Waals surface area contributed by atoms with E-state index in [2.05, 4.69) is 42.3 Å². The molecule has 3 aromatic rings. The zero-order chi connectivity index (χ0) is 21.0. The molecule has 4 nitrogen and oxygen atoms in total. The standard InChI is InChI=1S/C23H25ClN2O2S/c1-14-7-8-18(10-15(14)2)20-13-29-23(25-20)26-21(27)6-5-9-28-19-11-16(3)22(24)17(4)12-19/h7-8,10-13H,5-6,9H2,1-4H3,(H,25,26,27). The number of nitrogens with one attached hydrogen (secondary N) is 1. The molecule has 1 heterocycles. The van der Waals surface area contributed by atoms with Crippen molar-refractivity contribution in [3.05, 3.63) is 63.0 Å². The molecule has 0 saturated carbocycles. The third-order valence-electron chi connectivity index (χ3n) is 4.78. The minimum atomic E-state index is -0.0574. The molecule has 6 heteroatoms. The lowest BCUT2D eigenvalue weighted by atomic mass is 10.1. The number of aromatic nitrogens is 1. The summed E-state index contributed by atoms with van der Waals surface area (Å²) in [6.07, 6.45) is 1.01. The van der Waals surface area contributed by atoms with E-state index in [1.807, 2.05) is 31.4 Å². The van der Waals surface area contributed by atoms with Crippen molar-refractivity contribution in [1.29, 1.82) is 0 Å². The number of rotatable bonds is 7. The van der Waals surface area contributed by atoms with Crippen LogP contribution in [0.25, 0.3) is 11.3 Å². The smallest absolute Gasteiger partial charge is 0.226 e. The van der Waals surface area contributed by atoms with Gasteiger partial charge in [0.25, 0.3) is 0 Å². The number of hydrogen-bond acceptors (Lipinski definition) is 4. The van der Waals surface area contributed by atoms with E-state index in [4.69, 9.17) is 16.3 Å². The van der Waals surface area contributed by atoms with Crippen LogP contribution >= 0.6 is 22.9 Å². The number of hydrogen-bond donors (Lipinski definition) is 1. The number of amides is 1. The molecule has 0 saturated heterocycles. The van der Waals surface area contributed by atoms with Crippen molar-refractivity contribution in [3.8, 4) is 17.0 Å². The molecule has 1 aromatic heterocycles. The molecule has 0 aliphatic rings. The zero-order valence-electron chi connectivity index (χ0n) is 17.1. The summed E-state index contributed by atoms with van der Waals surface area (Å²) >= 11 is 7.61. The van der Waals surface area contributed by atoms with Gasteiger partial charge in [-0.25, -0.2) is 4.98 Å². The van der Waals surface area contributed by atoms with Crippen LogP contribution in [0.2, 0.25) is 5.02 Å². The molecule has 0 aliphatic heterocycles. The maximum Gasteiger partial charge on any atom is 0.226 e. The lowest BCUT2D eigenvalue weighted by Gasteiger charge is -2.10. The summed E-state index contributed by atoms with van der Waals surface area (Å²) in [5.74, 6) is 0.723. The molecular formula is C23H25ClN2O2S. The Hall–Kier alpha value is -2.37. The van der Waals surface area contributed by atoms with Crippen LogP contribution in [0, 0.1) is 27.7 Å². The summed E-state index contributed by atoms with van der Waals surface area (Å²) in [6, 6.07) is 10.1. The highest BCUT2D eigenvalue weighted by atomic mass is 35.5. The number of aryl methyl sites for hydroxylation is 4. The van der Waals surface area contributed by atoms with Gasteiger partial charge in [-0.1, -0.05) is 23.7 Å². The third kappa shape index (κ3) is 5.58. The van der Waals surface area contributed by atoms with E-state index in [0.29, 0.717) is 24.6 Å². The first-order valence-electron chi connectivity index (χ1n) is 9.56. The van der Waals surface area contributed by atoms with Crippen molar-refractivity contribution < 1.29 is 9.53 Å². The van der Waals surface area contributed by atoms with Gasteiger partial charge in [0.2, 0.25) is 5.91 Å². The second-order valence-corrected chi connectivity index (χ2v) is 8.44. The van der Waals surface area contributed by atoms with Crippen LogP contribution in [0.5, 0.6) is 5.75 Å². The summed E-state index contributed by atoms with van der Waals surface area (Å²) < 4.78 is 5.75. The van der Waals surface area contributed by atoms with Gasteiger partial charge in [-0.2, -0.15) is 0 Å². The largest absolute Gasteiger partial charge is 0.494 e. The fraction of sp³-hybridized carbons (Fsp3) is 0.304. The molecular weight excluding hydrogens is 404 g/mol. The van der Waals surface area contributed by atoms with E-state index in [0.717, 1.165) is 33.2 Å². The normalized spacial score (nSPS) is 10.8. The van der Waals surface area contributed by atoms with E-state index in [-0.39, 0.29) is 5.91 Å². The van der Waals surface area contributed by atoms with Crippen molar-refractivity contribution in [2.45, 2.75) is 40.5 Å². The Morgan fingerprint density at radius 3 is 2.48 bits per heavy atom. The fourth-order valence-corrected chi connectivity index (χ4v) is 3.80. The van der Waals surface area contributed by atoms with Crippen molar-refractivity contribution in [2.75, 3.05) is 11.9 Å². The lowest BCUT2D eigenvalue weighted by Crippen LogP contribution is -2.12. The summed E-state index contributed by atoms with van der Waals surface area (Å²) in [7, 11) is 0. The first-order valence-corrected chi connectivity index (χ1v) is 10.8. The molecule has 3 rings (SSSR count). The van der Waals surface area contributed by atoms with Crippen LogP contribution < -0.4 is 10.1 Å². The molecule has 0 aliphatic carbocycles. The SMILES string of the molecule is Cc1ccc(-c2csc(NC(=O)CCCOc3cc(C)c(Cl)c(C)c3)n2)cc1C. The minimum absolute atomic E-state index is 0.0574. The van der Waals surface area contributed by atoms with E-state index in [1.54, 1.807) is 0 Å². The van der Waals surface area contributed by atoms with Gasteiger partial charge in [-0.15, -0.1) is 11.3 Å². The molecule has 0 radical (unpaired) electrons. The Morgan fingerprint density at radius 2 is 1.79 bits per heavy atom. The second-order valence-electron chi connectivity index (χ2n) is 7.21. The quantitative estimate of drug-likeness (QED) is 0.437. The number of ether oxygens (including phenoxy) is 1. The van der Waals surface area contributed by atoms with Gasteiger partial charge < -0.3 is 10.1 Å². The van der Waals surface area contributed by atoms with Crippen molar-refractivity contribution in [1.82, 2.24) is 4.98 Å². The Morgan fingerprint density at radius 1 is 1.07 bits per heavy atom. The Labute approximate surface area is 180 Å². The predicted octanol–water partition coefficient (Wildman–Crippen LogP) is 6.49. The molecule has 0 fully saturated rings. The van der Waals surface area contributed by atoms with E-state index in [9.17, 15) is 4.79 Å². The maximum absolute atomic E-state index is 12.2. The van der Waals surface area contributed by atoms with Crippen molar-refractivity contribution >= 4 is 34.0 Å². The molecule has 29 heavy (non-hydrogen) atoms. The summed E-state index contributed by atoms with van der Waals surface area (Å²) in [4.78, 5) is 16.7. The number of halogens is 1. The molecule has 0 unspecified atom stereocenters. The highest BCUT2D eigenvalue weighted by Gasteiger charge is 2.09. The second kappa shape index (κ2) is 9.42. The highest BCUT2D eigenvalue weighted by Crippen LogP contribution is 2.27. The van der Waals surface area contributed by atoms with Crippen LogP contribution in [-0.2, 0) is 4.79 Å². The molecule has 0 spiro atoms. The number of nitrogens with zero attached hydrogens (tertiary/aromatic N) is 1. The van der Waals surface area contributed by atoms with Crippen LogP contribution in [0.4, 0.5) is 5.13 Å². The fourth-order valence-electron chi connectivity index (χ4n) is 2.96. The summed E-state index contributed by atoms with van der Waals surface area (Å²) in [5.41, 5.74) is 6.40. The first kappa shape index (κ1) is 21.3. The topological polar surface area (TPSA) is 51.2 Å². The number of benzene rings is 2. The summed E-state index contributed by atoms with van der Waals surface area (Å²) in [6.45, 7) is 8.55. The van der Waals surface area contributed by atoms with Crippen LogP contribution in [-0.4, -0.2) is 17.5 Å². The molecule has 152 valence electrons. The Balaban J connectivity index is 1.48. The number of thiazole rings is 1. The molecule has 0 atom stereocenters. The van der Waals surface area contributed by atoms with Crippen LogP contribution in [0.3, 0.4) is 0 Å². The molecule has 0 bridgehead atoms. The average molecular weight is 429 g/mol. The number of carbonyl (C=O) groups is 1. The monoisotopic (exact) mass is 428 g/mol. The van der Waals surface area contributed by atoms with E-state index >= 15 is 0 Å². The lowest BCUT2D eigenvalue weighted by molar-refractivity contribution is -0.116.